The molecule has 0 radical (unpaired) electrons. The summed E-state index contributed by atoms with van der Waals surface area (Å²) in [5, 5.41) is 44.6. The smallest absolute Gasteiger partial charge is 0.0633 e. The minimum absolute atomic E-state index is 0.0276. The van der Waals surface area contributed by atoms with Gasteiger partial charge in [0.15, 0.2) is 0 Å². The molecule has 5 aliphatic carbocycles. The van der Waals surface area contributed by atoms with Crippen LogP contribution in [0.3, 0.4) is 0 Å². The Hall–Kier alpha value is -0.420. The van der Waals surface area contributed by atoms with E-state index in [0.29, 0.717) is 18.3 Å². The first-order valence-electron chi connectivity index (χ1n) is 14.0. The van der Waals surface area contributed by atoms with E-state index in [9.17, 15) is 20.4 Å². The Morgan fingerprint density at radius 3 is 2.15 bits per heavy atom. The molecule has 5 aliphatic rings. The van der Waals surface area contributed by atoms with E-state index in [4.69, 9.17) is 0 Å². The molecule has 0 heterocycles. The third kappa shape index (κ3) is 2.92. The maximum Gasteiger partial charge on any atom is 0.0633 e. The van der Waals surface area contributed by atoms with Crippen LogP contribution in [0.5, 0.6) is 0 Å². The fourth-order valence-corrected chi connectivity index (χ4v) is 10.8. The summed E-state index contributed by atoms with van der Waals surface area (Å²) in [6.45, 7) is 14.2. The largest absolute Gasteiger partial charge is 0.396 e. The molecule has 9 atom stereocenters. The summed E-state index contributed by atoms with van der Waals surface area (Å²) < 4.78 is 0. The van der Waals surface area contributed by atoms with Gasteiger partial charge in [0.25, 0.3) is 0 Å². The molecule has 4 heteroatoms. The molecule has 194 valence electrons. The van der Waals surface area contributed by atoms with Crippen LogP contribution in [0.4, 0.5) is 0 Å². The lowest BCUT2D eigenvalue weighted by Gasteiger charge is -2.72. The van der Waals surface area contributed by atoms with Gasteiger partial charge in [0.1, 0.15) is 0 Å². The summed E-state index contributed by atoms with van der Waals surface area (Å²) in [4.78, 5) is 0. The second-order valence-electron chi connectivity index (χ2n) is 15.1. The van der Waals surface area contributed by atoms with Crippen molar-refractivity contribution in [3.05, 3.63) is 11.6 Å². The van der Waals surface area contributed by atoms with E-state index >= 15 is 0 Å². The summed E-state index contributed by atoms with van der Waals surface area (Å²) >= 11 is 0. The van der Waals surface area contributed by atoms with Crippen LogP contribution < -0.4 is 0 Å². The van der Waals surface area contributed by atoms with Crippen LogP contribution in [0.1, 0.15) is 99.3 Å². The average molecular weight is 475 g/mol. The van der Waals surface area contributed by atoms with Crippen molar-refractivity contribution in [1.82, 2.24) is 0 Å². The minimum atomic E-state index is -0.589. The fourth-order valence-electron chi connectivity index (χ4n) is 10.8. The summed E-state index contributed by atoms with van der Waals surface area (Å²) in [5.74, 6) is 1.02. The molecular weight excluding hydrogens is 424 g/mol. The van der Waals surface area contributed by atoms with Crippen LogP contribution >= 0.6 is 0 Å². The van der Waals surface area contributed by atoms with E-state index in [1.807, 2.05) is 0 Å². The fraction of sp³-hybridized carbons (Fsp3) is 0.933. The lowest BCUT2D eigenvalue weighted by atomic mass is 9.33. The third-order valence-electron chi connectivity index (χ3n) is 13.1. The predicted molar refractivity (Wildman–Crippen MR) is 135 cm³/mol. The first kappa shape index (κ1) is 25.2. The molecule has 0 spiro atoms. The van der Waals surface area contributed by atoms with Gasteiger partial charge in [0, 0.05) is 10.8 Å². The molecule has 4 saturated carbocycles. The maximum absolute atomic E-state index is 11.7. The lowest BCUT2D eigenvalue weighted by molar-refractivity contribution is -0.229. The molecule has 0 aliphatic heterocycles. The Bertz CT molecular complexity index is 862. The van der Waals surface area contributed by atoms with Gasteiger partial charge in [-0.05, 0) is 97.2 Å². The van der Waals surface area contributed by atoms with Crippen molar-refractivity contribution in [1.29, 1.82) is 0 Å². The van der Waals surface area contributed by atoms with E-state index < -0.39 is 16.9 Å². The highest BCUT2D eigenvalue weighted by Gasteiger charge is 2.70. The number of aliphatic hydroxyl groups is 4. The molecule has 0 amide bonds. The quantitative estimate of drug-likeness (QED) is 0.421. The Morgan fingerprint density at radius 2 is 1.50 bits per heavy atom. The molecule has 4 fully saturated rings. The molecule has 0 aromatic rings. The summed E-state index contributed by atoms with van der Waals surface area (Å²) in [6.07, 6.45) is 10.0. The molecule has 0 bridgehead atoms. The Morgan fingerprint density at radius 1 is 0.794 bits per heavy atom. The molecule has 4 N–H and O–H groups in total. The highest BCUT2D eigenvalue weighted by molar-refractivity contribution is 5.36. The van der Waals surface area contributed by atoms with E-state index in [2.05, 4.69) is 47.6 Å². The van der Waals surface area contributed by atoms with Gasteiger partial charge in [-0.3, -0.25) is 0 Å². The molecule has 0 aromatic heterocycles. The van der Waals surface area contributed by atoms with Gasteiger partial charge < -0.3 is 20.4 Å². The second kappa shape index (κ2) is 7.55. The zero-order valence-electron chi connectivity index (χ0n) is 22.5. The Kier molecular flexibility index (Phi) is 5.61. The van der Waals surface area contributed by atoms with Crippen molar-refractivity contribution in [3.8, 4) is 0 Å². The van der Waals surface area contributed by atoms with Gasteiger partial charge >= 0.3 is 0 Å². The molecule has 0 aromatic carbocycles. The molecule has 5 rings (SSSR count). The second-order valence-corrected chi connectivity index (χ2v) is 15.1. The van der Waals surface area contributed by atoms with E-state index in [-0.39, 0.29) is 46.9 Å². The lowest BCUT2D eigenvalue weighted by Crippen LogP contribution is -2.68. The number of allylic oxidation sites excluding steroid dienone is 1. The minimum Gasteiger partial charge on any atom is -0.396 e. The van der Waals surface area contributed by atoms with Crippen LogP contribution in [0, 0.1) is 50.2 Å². The molecule has 4 nitrogen and oxygen atoms in total. The monoisotopic (exact) mass is 474 g/mol. The number of aliphatic hydroxyl groups excluding tert-OH is 4. The van der Waals surface area contributed by atoms with Gasteiger partial charge in [-0.1, -0.05) is 53.2 Å². The normalized spacial score (nSPS) is 53.6. The zero-order valence-corrected chi connectivity index (χ0v) is 22.5. The van der Waals surface area contributed by atoms with Crippen LogP contribution in [0.2, 0.25) is 0 Å². The van der Waals surface area contributed by atoms with Crippen molar-refractivity contribution >= 4 is 0 Å². The Labute approximate surface area is 207 Å². The first-order valence-corrected chi connectivity index (χ1v) is 14.0. The highest BCUT2D eigenvalue weighted by Crippen LogP contribution is 2.75. The van der Waals surface area contributed by atoms with Gasteiger partial charge in [-0.15, -0.1) is 0 Å². The SMILES string of the molecule is CC1(C)CCC2(CO)C(O)CC3(CO)C(=CCC4C5(C)CCC(O)C(C)(C)C5CCC43C)C2C1. The van der Waals surface area contributed by atoms with Crippen LogP contribution in [-0.2, 0) is 0 Å². The van der Waals surface area contributed by atoms with Gasteiger partial charge in [-0.2, -0.15) is 0 Å². The van der Waals surface area contributed by atoms with Gasteiger partial charge in [0.05, 0.1) is 25.4 Å². The van der Waals surface area contributed by atoms with E-state index in [1.165, 1.54) is 5.57 Å². The van der Waals surface area contributed by atoms with Crippen molar-refractivity contribution in [2.75, 3.05) is 13.2 Å². The van der Waals surface area contributed by atoms with Crippen molar-refractivity contribution < 1.29 is 20.4 Å². The van der Waals surface area contributed by atoms with Gasteiger partial charge in [-0.25, -0.2) is 0 Å². The number of hydrogen-bond donors (Lipinski definition) is 4. The number of hydrogen-bond acceptors (Lipinski definition) is 4. The molecule has 0 saturated heterocycles. The molecule has 34 heavy (non-hydrogen) atoms. The molecular formula is C30H50O4. The van der Waals surface area contributed by atoms with E-state index in [1.54, 1.807) is 0 Å². The van der Waals surface area contributed by atoms with Crippen LogP contribution in [0.15, 0.2) is 11.6 Å². The first-order chi connectivity index (χ1) is 15.7. The van der Waals surface area contributed by atoms with E-state index in [0.717, 1.165) is 51.4 Å². The molecule has 9 unspecified atom stereocenters. The summed E-state index contributed by atoms with van der Waals surface area (Å²) in [7, 11) is 0. The zero-order chi connectivity index (χ0) is 24.9. The Balaban J connectivity index is 1.64. The predicted octanol–water partition coefficient (Wildman–Crippen LogP) is 5.08. The summed E-state index contributed by atoms with van der Waals surface area (Å²) in [5.41, 5.74) is 0.547. The highest BCUT2D eigenvalue weighted by atomic mass is 16.3. The topological polar surface area (TPSA) is 80.9 Å². The van der Waals surface area contributed by atoms with Crippen LogP contribution in [-0.4, -0.2) is 45.8 Å². The maximum atomic E-state index is 11.7. The van der Waals surface area contributed by atoms with Crippen molar-refractivity contribution in [2.45, 2.75) is 112 Å². The number of fused-ring (bicyclic) bond motifs is 7. The van der Waals surface area contributed by atoms with Crippen molar-refractivity contribution in [2.24, 2.45) is 50.2 Å². The van der Waals surface area contributed by atoms with Crippen molar-refractivity contribution in [3.63, 3.8) is 0 Å². The van der Waals surface area contributed by atoms with Gasteiger partial charge in [0.2, 0.25) is 0 Å². The van der Waals surface area contributed by atoms with Crippen LogP contribution in [0.25, 0.3) is 0 Å². The average Bonchev–Trinajstić information content (AvgIpc) is 2.76. The summed E-state index contributed by atoms with van der Waals surface area (Å²) in [6, 6.07) is 0. The third-order valence-corrected chi connectivity index (χ3v) is 13.1. The standard InChI is InChI=1S/C30H50O4/c1-25(2)13-14-29(17-31)20(15-25)19-7-8-22-27(5)11-10-23(33)26(3,4)21(27)9-12-28(22,6)30(19,18-32)16-24(29)34/h7,20-24,31-34H,8-18H2,1-6H3. The number of rotatable bonds is 2.